The molecule has 0 saturated heterocycles. The molecule has 0 aliphatic rings. The highest BCUT2D eigenvalue weighted by molar-refractivity contribution is 7.87. The molecule has 0 radical (unpaired) electrons. The molecule has 0 atom stereocenters. The SMILES string of the molecule is CCOc1ccc(S(=O)(=O)Oc2cc(Cl)ccc2Cl)cc1. The number of benzene rings is 2. The second-order valence-corrected chi connectivity index (χ2v) is 6.41. The number of hydrogen-bond donors (Lipinski definition) is 0. The Balaban J connectivity index is 2.27. The second-order valence-electron chi connectivity index (χ2n) is 4.02. The van der Waals surface area contributed by atoms with Crippen molar-refractivity contribution in [3.63, 3.8) is 0 Å². The van der Waals surface area contributed by atoms with Gasteiger partial charge in [-0.25, -0.2) is 0 Å². The zero-order chi connectivity index (χ0) is 15.5. The third-order valence-corrected chi connectivity index (χ3v) is 4.31. The molecule has 0 aromatic heterocycles. The highest BCUT2D eigenvalue weighted by atomic mass is 35.5. The maximum Gasteiger partial charge on any atom is 0.339 e. The van der Waals surface area contributed by atoms with E-state index < -0.39 is 10.1 Å². The fraction of sp³-hybridized carbons (Fsp3) is 0.143. The largest absolute Gasteiger partial charge is 0.494 e. The van der Waals surface area contributed by atoms with Gasteiger partial charge >= 0.3 is 10.1 Å². The van der Waals surface area contributed by atoms with Gasteiger partial charge in [0, 0.05) is 11.1 Å². The molecule has 0 N–H and O–H groups in total. The molecule has 2 aromatic rings. The molecule has 0 saturated carbocycles. The van der Waals surface area contributed by atoms with E-state index in [0.717, 1.165) is 0 Å². The average molecular weight is 347 g/mol. The van der Waals surface area contributed by atoms with Crippen molar-refractivity contribution in [2.24, 2.45) is 0 Å². The molecule has 0 heterocycles. The van der Waals surface area contributed by atoms with Gasteiger partial charge in [0.1, 0.15) is 10.6 Å². The average Bonchev–Trinajstić information content (AvgIpc) is 2.44. The van der Waals surface area contributed by atoms with Gasteiger partial charge < -0.3 is 8.92 Å². The Bertz CT molecular complexity index is 727. The van der Waals surface area contributed by atoms with Crippen molar-refractivity contribution in [3.05, 3.63) is 52.5 Å². The predicted octanol–water partition coefficient (Wildman–Crippen LogP) is 4.16. The quantitative estimate of drug-likeness (QED) is 0.762. The molecular weight excluding hydrogens is 335 g/mol. The van der Waals surface area contributed by atoms with Gasteiger partial charge in [0.15, 0.2) is 5.75 Å². The molecule has 4 nitrogen and oxygen atoms in total. The first kappa shape index (κ1) is 15.9. The molecule has 0 bridgehead atoms. The van der Waals surface area contributed by atoms with E-state index in [1.807, 2.05) is 6.92 Å². The fourth-order valence-corrected chi connectivity index (χ4v) is 2.88. The summed E-state index contributed by atoms with van der Waals surface area (Å²) in [5.41, 5.74) is 0. The van der Waals surface area contributed by atoms with E-state index in [1.165, 1.54) is 24.3 Å². The van der Waals surface area contributed by atoms with Gasteiger partial charge in [-0.1, -0.05) is 23.2 Å². The molecule has 0 aliphatic carbocycles. The number of rotatable bonds is 5. The molecular formula is C14H12Cl2O4S. The van der Waals surface area contributed by atoms with E-state index in [1.54, 1.807) is 18.2 Å². The molecule has 0 amide bonds. The standard InChI is InChI=1S/C14H12Cl2O4S/c1-2-19-11-4-6-12(7-5-11)21(17,18)20-14-9-10(15)3-8-13(14)16/h3-9H,2H2,1H3. The maximum absolute atomic E-state index is 12.2. The molecule has 2 aromatic carbocycles. The molecule has 0 unspecified atom stereocenters. The van der Waals surface area contributed by atoms with E-state index in [-0.39, 0.29) is 15.7 Å². The Hall–Kier alpha value is -1.43. The van der Waals surface area contributed by atoms with Gasteiger partial charge in [0.05, 0.1) is 11.6 Å². The van der Waals surface area contributed by atoms with Crippen molar-refractivity contribution in [3.8, 4) is 11.5 Å². The molecule has 7 heteroatoms. The molecule has 0 aliphatic heterocycles. The van der Waals surface area contributed by atoms with Gasteiger partial charge in [-0.2, -0.15) is 8.42 Å². The first-order valence-electron chi connectivity index (χ1n) is 6.05. The lowest BCUT2D eigenvalue weighted by atomic mass is 10.3. The first-order valence-corrected chi connectivity index (χ1v) is 8.21. The van der Waals surface area contributed by atoms with Crippen molar-refractivity contribution in [2.75, 3.05) is 6.61 Å². The summed E-state index contributed by atoms with van der Waals surface area (Å²) in [6.45, 7) is 2.34. The van der Waals surface area contributed by atoms with Crippen LogP contribution in [0.1, 0.15) is 6.92 Å². The van der Waals surface area contributed by atoms with Crippen molar-refractivity contribution < 1.29 is 17.3 Å². The van der Waals surface area contributed by atoms with Crippen LogP contribution < -0.4 is 8.92 Å². The highest BCUT2D eigenvalue weighted by Gasteiger charge is 2.18. The van der Waals surface area contributed by atoms with Crippen LogP contribution in [-0.4, -0.2) is 15.0 Å². The molecule has 0 fully saturated rings. The summed E-state index contributed by atoms with van der Waals surface area (Å²) in [5.74, 6) is 0.565. The van der Waals surface area contributed by atoms with Crippen LogP contribution in [0.15, 0.2) is 47.4 Å². The van der Waals surface area contributed by atoms with Crippen molar-refractivity contribution in [2.45, 2.75) is 11.8 Å². The monoisotopic (exact) mass is 346 g/mol. The van der Waals surface area contributed by atoms with Crippen LogP contribution >= 0.6 is 23.2 Å². The van der Waals surface area contributed by atoms with Crippen LogP contribution in [0.5, 0.6) is 11.5 Å². The van der Waals surface area contributed by atoms with Gasteiger partial charge in [-0.05, 0) is 43.3 Å². The summed E-state index contributed by atoms with van der Waals surface area (Å²) < 4.78 is 34.6. The topological polar surface area (TPSA) is 52.6 Å². The summed E-state index contributed by atoms with van der Waals surface area (Å²) in [5, 5.41) is 0.491. The third kappa shape index (κ3) is 4.03. The zero-order valence-corrected chi connectivity index (χ0v) is 13.4. The minimum absolute atomic E-state index is 0.00185. The lowest BCUT2D eigenvalue weighted by Gasteiger charge is -2.09. The van der Waals surface area contributed by atoms with Crippen LogP contribution in [0.4, 0.5) is 0 Å². The van der Waals surface area contributed by atoms with Gasteiger partial charge in [-0.15, -0.1) is 0 Å². The van der Waals surface area contributed by atoms with Crippen LogP contribution in [0.2, 0.25) is 10.0 Å². The Kier molecular flexibility index (Phi) is 4.98. The number of hydrogen-bond acceptors (Lipinski definition) is 4. The smallest absolute Gasteiger partial charge is 0.339 e. The normalized spacial score (nSPS) is 11.2. The Labute approximate surface area is 133 Å². The Morgan fingerprint density at radius 1 is 1.05 bits per heavy atom. The summed E-state index contributed by atoms with van der Waals surface area (Å²) >= 11 is 11.7. The Morgan fingerprint density at radius 3 is 2.33 bits per heavy atom. The lowest BCUT2D eigenvalue weighted by Crippen LogP contribution is -2.10. The number of halogens is 2. The van der Waals surface area contributed by atoms with Crippen molar-refractivity contribution >= 4 is 33.3 Å². The lowest BCUT2D eigenvalue weighted by molar-refractivity contribution is 0.340. The van der Waals surface area contributed by atoms with Gasteiger partial charge in [0.2, 0.25) is 0 Å². The van der Waals surface area contributed by atoms with Crippen LogP contribution in [-0.2, 0) is 10.1 Å². The highest BCUT2D eigenvalue weighted by Crippen LogP contribution is 2.30. The fourth-order valence-electron chi connectivity index (χ4n) is 1.58. The maximum atomic E-state index is 12.2. The van der Waals surface area contributed by atoms with E-state index >= 15 is 0 Å². The Morgan fingerprint density at radius 2 is 1.71 bits per heavy atom. The van der Waals surface area contributed by atoms with Crippen LogP contribution in [0.3, 0.4) is 0 Å². The van der Waals surface area contributed by atoms with Crippen LogP contribution in [0.25, 0.3) is 0 Å². The van der Waals surface area contributed by atoms with Crippen molar-refractivity contribution in [1.29, 1.82) is 0 Å². The minimum Gasteiger partial charge on any atom is -0.494 e. The third-order valence-electron chi connectivity index (χ3n) is 2.52. The number of ether oxygens (including phenoxy) is 1. The zero-order valence-electron chi connectivity index (χ0n) is 11.0. The van der Waals surface area contributed by atoms with E-state index in [0.29, 0.717) is 17.4 Å². The van der Waals surface area contributed by atoms with E-state index in [4.69, 9.17) is 32.1 Å². The van der Waals surface area contributed by atoms with Gasteiger partial charge in [-0.3, -0.25) is 0 Å². The summed E-state index contributed by atoms with van der Waals surface area (Å²) in [6, 6.07) is 10.3. The molecule has 112 valence electrons. The first-order chi connectivity index (χ1) is 9.92. The van der Waals surface area contributed by atoms with Crippen molar-refractivity contribution in [1.82, 2.24) is 0 Å². The molecule has 0 spiro atoms. The van der Waals surface area contributed by atoms with E-state index in [9.17, 15) is 8.42 Å². The second kappa shape index (κ2) is 6.56. The molecule has 2 rings (SSSR count). The minimum atomic E-state index is -3.98. The van der Waals surface area contributed by atoms with E-state index in [2.05, 4.69) is 0 Å². The molecule has 21 heavy (non-hydrogen) atoms. The summed E-state index contributed by atoms with van der Waals surface area (Å²) in [7, 11) is -3.98. The predicted molar refractivity (Wildman–Crippen MR) is 81.9 cm³/mol. The van der Waals surface area contributed by atoms with Gasteiger partial charge in [0.25, 0.3) is 0 Å². The summed E-state index contributed by atoms with van der Waals surface area (Å²) in [6.07, 6.45) is 0. The summed E-state index contributed by atoms with van der Waals surface area (Å²) in [4.78, 5) is 0.00185. The van der Waals surface area contributed by atoms with Crippen LogP contribution in [0, 0.1) is 0 Å².